The van der Waals surface area contributed by atoms with Crippen molar-refractivity contribution in [1.29, 1.82) is 0 Å². The summed E-state index contributed by atoms with van der Waals surface area (Å²) in [7, 11) is 0. The molecule has 1 saturated carbocycles. The largest absolute Gasteiger partial charge is 0.339 e. The molecule has 2 fully saturated rings. The SMILES string of the molecule is O=C(c1ccc(-c2ccc3nccn3n2)cc1)N1CCN(C(=O)C2CCC2)CC1. The lowest BCUT2D eigenvalue weighted by Gasteiger charge is -2.38. The summed E-state index contributed by atoms with van der Waals surface area (Å²) in [6.45, 7) is 2.46. The lowest BCUT2D eigenvalue weighted by atomic mass is 9.84. The van der Waals surface area contributed by atoms with Gasteiger partial charge in [0, 0.05) is 55.6 Å². The molecule has 3 aromatic rings. The van der Waals surface area contributed by atoms with Crippen molar-refractivity contribution < 1.29 is 9.59 Å². The van der Waals surface area contributed by atoms with E-state index in [0.29, 0.717) is 31.7 Å². The average molecular weight is 389 g/mol. The Bertz CT molecular complexity index is 1050. The van der Waals surface area contributed by atoms with E-state index in [1.165, 1.54) is 0 Å². The normalized spacial score (nSPS) is 17.4. The second-order valence-corrected chi connectivity index (χ2v) is 7.77. The van der Waals surface area contributed by atoms with Crippen molar-refractivity contribution in [3.8, 4) is 11.3 Å². The van der Waals surface area contributed by atoms with E-state index in [1.54, 1.807) is 10.7 Å². The Morgan fingerprint density at radius 3 is 2.31 bits per heavy atom. The van der Waals surface area contributed by atoms with Crippen molar-refractivity contribution >= 4 is 17.5 Å². The highest BCUT2D eigenvalue weighted by atomic mass is 16.2. The van der Waals surface area contributed by atoms with E-state index in [-0.39, 0.29) is 17.7 Å². The Kier molecular flexibility index (Phi) is 4.50. The molecule has 1 saturated heterocycles. The molecule has 5 rings (SSSR count). The zero-order chi connectivity index (χ0) is 19.8. The number of fused-ring (bicyclic) bond motifs is 1. The number of amides is 2. The first-order valence-corrected chi connectivity index (χ1v) is 10.2. The van der Waals surface area contributed by atoms with Crippen LogP contribution in [0, 0.1) is 5.92 Å². The molecule has 1 aliphatic carbocycles. The minimum Gasteiger partial charge on any atom is -0.339 e. The predicted molar refractivity (Wildman–Crippen MR) is 108 cm³/mol. The molecular weight excluding hydrogens is 366 g/mol. The van der Waals surface area contributed by atoms with Crippen molar-refractivity contribution in [1.82, 2.24) is 24.4 Å². The molecule has 2 amide bonds. The zero-order valence-corrected chi connectivity index (χ0v) is 16.2. The van der Waals surface area contributed by atoms with Crippen LogP contribution >= 0.6 is 0 Å². The Morgan fingerprint density at radius 2 is 1.62 bits per heavy atom. The van der Waals surface area contributed by atoms with Gasteiger partial charge in [-0.2, -0.15) is 5.10 Å². The predicted octanol–water partition coefficient (Wildman–Crippen LogP) is 2.48. The van der Waals surface area contributed by atoms with Crippen LogP contribution in [-0.2, 0) is 4.79 Å². The quantitative estimate of drug-likeness (QED) is 0.690. The van der Waals surface area contributed by atoms with Gasteiger partial charge in [-0.25, -0.2) is 9.50 Å². The van der Waals surface area contributed by atoms with Gasteiger partial charge in [0.1, 0.15) is 0 Å². The maximum absolute atomic E-state index is 12.9. The smallest absolute Gasteiger partial charge is 0.253 e. The van der Waals surface area contributed by atoms with E-state index in [1.807, 2.05) is 52.4 Å². The highest BCUT2D eigenvalue weighted by Crippen LogP contribution is 2.28. The van der Waals surface area contributed by atoms with Crippen LogP contribution in [0.4, 0.5) is 0 Å². The van der Waals surface area contributed by atoms with Gasteiger partial charge < -0.3 is 9.80 Å². The molecule has 148 valence electrons. The van der Waals surface area contributed by atoms with E-state index < -0.39 is 0 Å². The highest BCUT2D eigenvalue weighted by molar-refractivity contribution is 5.95. The first kappa shape index (κ1) is 17.8. The minimum atomic E-state index is 0.0188. The zero-order valence-electron chi connectivity index (χ0n) is 16.2. The van der Waals surface area contributed by atoms with E-state index in [4.69, 9.17) is 0 Å². The van der Waals surface area contributed by atoms with Crippen molar-refractivity contribution in [2.24, 2.45) is 5.92 Å². The topological polar surface area (TPSA) is 70.8 Å². The summed E-state index contributed by atoms with van der Waals surface area (Å²) in [6, 6.07) is 11.4. The lowest BCUT2D eigenvalue weighted by molar-refractivity contribution is -0.139. The van der Waals surface area contributed by atoms with Crippen molar-refractivity contribution in [2.45, 2.75) is 19.3 Å². The van der Waals surface area contributed by atoms with Crippen molar-refractivity contribution in [3.05, 3.63) is 54.4 Å². The molecule has 29 heavy (non-hydrogen) atoms. The van der Waals surface area contributed by atoms with Crippen LogP contribution in [0.1, 0.15) is 29.6 Å². The maximum Gasteiger partial charge on any atom is 0.253 e. The fraction of sp³-hybridized carbons (Fsp3) is 0.364. The fourth-order valence-corrected chi connectivity index (χ4v) is 3.98. The molecule has 0 spiro atoms. The molecule has 3 heterocycles. The molecule has 2 aliphatic rings. The van der Waals surface area contributed by atoms with E-state index in [9.17, 15) is 9.59 Å². The number of piperazine rings is 1. The second-order valence-electron chi connectivity index (χ2n) is 7.77. The van der Waals surface area contributed by atoms with Crippen LogP contribution in [-0.4, -0.2) is 62.4 Å². The summed E-state index contributed by atoms with van der Waals surface area (Å²) >= 11 is 0. The number of imidazole rings is 1. The lowest BCUT2D eigenvalue weighted by Crippen LogP contribution is -2.52. The van der Waals surface area contributed by atoms with Gasteiger partial charge in [-0.1, -0.05) is 18.6 Å². The molecule has 0 atom stereocenters. The summed E-state index contributed by atoms with van der Waals surface area (Å²) in [5.41, 5.74) is 3.25. The van der Waals surface area contributed by atoms with Gasteiger partial charge in [0.2, 0.25) is 5.91 Å². The van der Waals surface area contributed by atoms with Gasteiger partial charge in [0.25, 0.3) is 5.91 Å². The number of carbonyl (C=O) groups excluding carboxylic acids is 2. The summed E-state index contributed by atoms with van der Waals surface area (Å²) in [5, 5.41) is 4.54. The number of hydrogen-bond acceptors (Lipinski definition) is 4. The van der Waals surface area contributed by atoms with Crippen LogP contribution in [0.15, 0.2) is 48.8 Å². The van der Waals surface area contributed by atoms with Gasteiger partial charge in [0.15, 0.2) is 5.65 Å². The summed E-state index contributed by atoms with van der Waals surface area (Å²) in [4.78, 5) is 33.2. The molecule has 0 N–H and O–H groups in total. The number of rotatable bonds is 3. The number of benzene rings is 1. The van der Waals surface area contributed by atoms with E-state index in [2.05, 4.69) is 10.1 Å². The standard InChI is InChI=1S/C22H23N5O2/c28-21(17-2-1-3-17)25-12-14-26(15-13-25)22(29)18-6-4-16(5-7-18)19-8-9-20-23-10-11-27(20)24-19/h4-11,17H,1-3,12-15H2. The van der Waals surface area contributed by atoms with Crippen LogP contribution in [0.25, 0.3) is 16.9 Å². The number of aromatic nitrogens is 3. The van der Waals surface area contributed by atoms with Gasteiger partial charge >= 0.3 is 0 Å². The minimum absolute atomic E-state index is 0.0188. The Labute approximate surface area is 168 Å². The molecule has 0 unspecified atom stereocenters. The van der Waals surface area contributed by atoms with Crippen LogP contribution in [0.3, 0.4) is 0 Å². The maximum atomic E-state index is 12.9. The number of nitrogens with zero attached hydrogens (tertiary/aromatic N) is 5. The third-order valence-electron chi connectivity index (χ3n) is 6.02. The second kappa shape index (κ2) is 7.31. The van der Waals surface area contributed by atoms with Crippen LogP contribution in [0.5, 0.6) is 0 Å². The molecule has 0 radical (unpaired) electrons. The first-order valence-electron chi connectivity index (χ1n) is 10.2. The molecular formula is C22H23N5O2. The van der Waals surface area contributed by atoms with E-state index in [0.717, 1.165) is 36.2 Å². The molecule has 1 aromatic carbocycles. The summed E-state index contributed by atoms with van der Waals surface area (Å²) < 4.78 is 1.73. The average Bonchev–Trinajstić information content (AvgIpc) is 3.20. The monoisotopic (exact) mass is 389 g/mol. The molecule has 0 bridgehead atoms. The third-order valence-corrected chi connectivity index (χ3v) is 6.02. The first-order chi connectivity index (χ1) is 14.2. The summed E-state index contributed by atoms with van der Waals surface area (Å²) in [6.07, 6.45) is 6.73. The number of hydrogen-bond donors (Lipinski definition) is 0. The third kappa shape index (κ3) is 3.37. The molecule has 7 heteroatoms. The van der Waals surface area contributed by atoms with Crippen molar-refractivity contribution in [3.63, 3.8) is 0 Å². The number of carbonyl (C=O) groups is 2. The van der Waals surface area contributed by atoms with Crippen molar-refractivity contribution in [2.75, 3.05) is 26.2 Å². The highest BCUT2D eigenvalue weighted by Gasteiger charge is 2.32. The van der Waals surface area contributed by atoms with Gasteiger partial charge in [-0.15, -0.1) is 0 Å². The van der Waals surface area contributed by atoms with Gasteiger partial charge in [-0.05, 0) is 37.1 Å². The Morgan fingerprint density at radius 1 is 0.897 bits per heavy atom. The molecule has 7 nitrogen and oxygen atoms in total. The summed E-state index contributed by atoms with van der Waals surface area (Å²) in [5.74, 6) is 0.514. The fourth-order valence-electron chi connectivity index (χ4n) is 3.98. The molecule has 2 aromatic heterocycles. The molecule has 1 aliphatic heterocycles. The van der Waals surface area contributed by atoms with Gasteiger partial charge in [-0.3, -0.25) is 9.59 Å². The van der Waals surface area contributed by atoms with Gasteiger partial charge in [0.05, 0.1) is 5.69 Å². The van der Waals surface area contributed by atoms with Crippen LogP contribution in [0.2, 0.25) is 0 Å². The van der Waals surface area contributed by atoms with Crippen LogP contribution < -0.4 is 0 Å². The Hall–Kier alpha value is -3.22. The van der Waals surface area contributed by atoms with E-state index >= 15 is 0 Å². The Balaban J connectivity index is 1.24.